The van der Waals surface area contributed by atoms with Gasteiger partial charge in [-0.1, -0.05) is 25.5 Å². The molecule has 1 rings (SSSR count). The molecule has 0 aliphatic rings. The fourth-order valence-electron chi connectivity index (χ4n) is 1.65. The van der Waals surface area contributed by atoms with Crippen LogP contribution in [0.1, 0.15) is 25.3 Å². The third kappa shape index (κ3) is 3.70. The molecule has 0 aliphatic heterocycles. The maximum absolute atomic E-state index is 13.7. The number of carboxylic acid groups (broad SMARTS) is 1. The molecule has 2 N–H and O–H groups in total. The van der Waals surface area contributed by atoms with E-state index in [9.17, 15) is 9.18 Å². The summed E-state index contributed by atoms with van der Waals surface area (Å²) < 4.78 is 19.0. The summed E-state index contributed by atoms with van der Waals surface area (Å²) in [5.74, 6) is -1.59. The van der Waals surface area contributed by atoms with Crippen LogP contribution in [0, 0.1) is 5.82 Å². The number of hydrogen-bond donors (Lipinski definition) is 2. The molecule has 0 radical (unpaired) electrons. The molecule has 100 valence electrons. The molecule has 18 heavy (non-hydrogen) atoms. The molecule has 1 unspecified atom stereocenters. The van der Waals surface area contributed by atoms with Gasteiger partial charge in [0, 0.05) is 12.1 Å². The summed E-state index contributed by atoms with van der Waals surface area (Å²) in [5.41, 5.74) is 0.611. The van der Waals surface area contributed by atoms with Gasteiger partial charge < -0.3 is 15.2 Å². The number of ether oxygens (including phenoxy) is 1. The van der Waals surface area contributed by atoms with E-state index in [2.05, 4.69) is 5.32 Å². The van der Waals surface area contributed by atoms with Crippen molar-refractivity contribution in [2.45, 2.75) is 32.4 Å². The van der Waals surface area contributed by atoms with Gasteiger partial charge in [0.1, 0.15) is 0 Å². The second kappa shape index (κ2) is 6.96. The standard InChI is InChI=1S/C13H18FNO3/c1-3-5-11(13(16)17)18-12-9(8-15-2)6-4-7-10(12)14/h4,6-7,11,15H,3,5,8H2,1-2H3,(H,16,17). The van der Waals surface area contributed by atoms with Crippen LogP contribution in [0.5, 0.6) is 5.75 Å². The molecular formula is C13H18FNO3. The average molecular weight is 255 g/mol. The van der Waals surface area contributed by atoms with Crippen molar-refractivity contribution in [2.75, 3.05) is 7.05 Å². The number of halogens is 1. The van der Waals surface area contributed by atoms with Crippen molar-refractivity contribution in [1.82, 2.24) is 5.32 Å². The van der Waals surface area contributed by atoms with Crippen molar-refractivity contribution in [3.05, 3.63) is 29.6 Å². The van der Waals surface area contributed by atoms with Crippen LogP contribution >= 0.6 is 0 Å². The maximum atomic E-state index is 13.7. The van der Waals surface area contributed by atoms with Crippen LogP contribution < -0.4 is 10.1 Å². The summed E-state index contributed by atoms with van der Waals surface area (Å²) in [4.78, 5) is 11.0. The van der Waals surface area contributed by atoms with Crippen molar-refractivity contribution >= 4 is 5.97 Å². The second-order valence-corrected chi connectivity index (χ2v) is 3.99. The zero-order valence-electron chi connectivity index (χ0n) is 10.6. The first kappa shape index (κ1) is 14.4. The summed E-state index contributed by atoms with van der Waals surface area (Å²) in [6, 6.07) is 4.55. The first-order valence-electron chi connectivity index (χ1n) is 5.91. The minimum absolute atomic E-state index is 0.0210. The van der Waals surface area contributed by atoms with E-state index in [1.165, 1.54) is 6.07 Å². The van der Waals surface area contributed by atoms with Gasteiger partial charge in [-0.05, 0) is 19.5 Å². The number of nitrogens with one attached hydrogen (secondary N) is 1. The number of aliphatic carboxylic acids is 1. The lowest BCUT2D eigenvalue weighted by Crippen LogP contribution is -2.27. The number of hydrogen-bond acceptors (Lipinski definition) is 3. The molecule has 0 aromatic heterocycles. The monoisotopic (exact) mass is 255 g/mol. The van der Waals surface area contributed by atoms with Gasteiger partial charge >= 0.3 is 5.97 Å². The normalized spacial score (nSPS) is 12.2. The Bertz CT molecular complexity index is 409. The molecule has 1 aromatic carbocycles. The Labute approximate surface area is 106 Å². The summed E-state index contributed by atoms with van der Waals surface area (Å²) in [7, 11) is 1.73. The molecule has 1 atom stereocenters. The molecular weight excluding hydrogens is 237 g/mol. The molecule has 0 saturated heterocycles. The topological polar surface area (TPSA) is 58.6 Å². The van der Waals surface area contributed by atoms with Crippen LogP contribution in [-0.2, 0) is 11.3 Å². The van der Waals surface area contributed by atoms with Crippen LogP contribution in [0.4, 0.5) is 4.39 Å². The van der Waals surface area contributed by atoms with Gasteiger partial charge in [-0.2, -0.15) is 0 Å². The molecule has 1 aromatic rings. The zero-order chi connectivity index (χ0) is 13.5. The lowest BCUT2D eigenvalue weighted by atomic mass is 10.1. The Hall–Kier alpha value is -1.62. The van der Waals surface area contributed by atoms with Crippen LogP contribution in [0.15, 0.2) is 18.2 Å². The highest BCUT2D eigenvalue weighted by Crippen LogP contribution is 2.24. The lowest BCUT2D eigenvalue weighted by Gasteiger charge is -2.17. The summed E-state index contributed by atoms with van der Waals surface area (Å²) in [6.45, 7) is 2.28. The van der Waals surface area contributed by atoms with Crippen LogP contribution in [0.2, 0.25) is 0 Å². The van der Waals surface area contributed by atoms with Gasteiger partial charge in [-0.25, -0.2) is 9.18 Å². The molecule has 0 amide bonds. The highest BCUT2D eigenvalue weighted by molar-refractivity contribution is 5.72. The molecule has 0 heterocycles. The van der Waals surface area contributed by atoms with Gasteiger partial charge in [-0.15, -0.1) is 0 Å². The minimum atomic E-state index is -1.07. The summed E-state index contributed by atoms with van der Waals surface area (Å²) in [5, 5.41) is 11.9. The molecule has 0 aliphatic carbocycles. The van der Waals surface area contributed by atoms with E-state index in [4.69, 9.17) is 9.84 Å². The van der Waals surface area contributed by atoms with E-state index < -0.39 is 17.9 Å². The Morgan fingerprint density at radius 2 is 2.28 bits per heavy atom. The SMILES string of the molecule is CCCC(Oc1c(F)cccc1CNC)C(=O)O. The average Bonchev–Trinajstić information content (AvgIpc) is 2.32. The van der Waals surface area contributed by atoms with Gasteiger partial charge in [0.05, 0.1) is 0 Å². The number of rotatable bonds is 7. The molecule has 0 fully saturated rings. The predicted molar refractivity (Wildman–Crippen MR) is 66.1 cm³/mol. The molecule has 0 saturated carbocycles. The van der Waals surface area contributed by atoms with Crippen molar-refractivity contribution < 1.29 is 19.0 Å². The van der Waals surface area contributed by atoms with E-state index >= 15 is 0 Å². The smallest absolute Gasteiger partial charge is 0.344 e. The van der Waals surface area contributed by atoms with E-state index in [0.717, 1.165) is 0 Å². The maximum Gasteiger partial charge on any atom is 0.344 e. The number of para-hydroxylation sites is 1. The van der Waals surface area contributed by atoms with Crippen LogP contribution in [0.25, 0.3) is 0 Å². The van der Waals surface area contributed by atoms with E-state index in [1.807, 2.05) is 6.92 Å². The Balaban J connectivity index is 2.96. The molecule has 0 spiro atoms. The van der Waals surface area contributed by atoms with Gasteiger partial charge in [-0.3, -0.25) is 0 Å². The Morgan fingerprint density at radius 3 is 2.83 bits per heavy atom. The first-order chi connectivity index (χ1) is 8.60. The van der Waals surface area contributed by atoms with Crippen molar-refractivity contribution in [2.24, 2.45) is 0 Å². The highest BCUT2D eigenvalue weighted by Gasteiger charge is 2.21. The van der Waals surface area contributed by atoms with Crippen molar-refractivity contribution in [3.8, 4) is 5.75 Å². The van der Waals surface area contributed by atoms with Gasteiger partial charge in [0.2, 0.25) is 0 Å². The second-order valence-electron chi connectivity index (χ2n) is 3.99. The molecule has 4 nitrogen and oxygen atoms in total. The summed E-state index contributed by atoms with van der Waals surface area (Å²) >= 11 is 0. The van der Waals surface area contributed by atoms with Crippen LogP contribution in [-0.4, -0.2) is 24.2 Å². The quantitative estimate of drug-likeness (QED) is 0.784. The Morgan fingerprint density at radius 1 is 1.56 bits per heavy atom. The molecule has 5 heteroatoms. The van der Waals surface area contributed by atoms with Crippen molar-refractivity contribution in [1.29, 1.82) is 0 Å². The fourth-order valence-corrected chi connectivity index (χ4v) is 1.65. The number of benzene rings is 1. The minimum Gasteiger partial charge on any atom is -0.479 e. The van der Waals surface area contributed by atoms with E-state index in [-0.39, 0.29) is 5.75 Å². The van der Waals surface area contributed by atoms with E-state index in [1.54, 1.807) is 19.2 Å². The molecule has 0 bridgehead atoms. The Kier molecular flexibility index (Phi) is 5.58. The number of carbonyl (C=O) groups is 1. The zero-order valence-corrected chi connectivity index (χ0v) is 10.6. The largest absolute Gasteiger partial charge is 0.479 e. The summed E-state index contributed by atoms with van der Waals surface area (Å²) in [6.07, 6.45) is -0.00220. The number of carboxylic acids is 1. The lowest BCUT2D eigenvalue weighted by molar-refractivity contribution is -0.145. The fraction of sp³-hybridized carbons (Fsp3) is 0.462. The third-order valence-corrected chi connectivity index (χ3v) is 2.50. The van der Waals surface area contributed by atoms with E-state index in [0.29, 0.717) is 24.9 Å². The van der Waals surface area contributed by atoms with Crippen LogP contribution in [0.3, 0.4) is 0 Å². The van der Waals surface area contributed by atoms with Gasteiger partial charge in [0.15, 0.2) is 17.7 Å². The highest BCUT2D eigenvalue weighted by atomic mass is 19.1. The van der Waals surface area contributed by atoms with Crippen molar-refractivity contribution in [3.63, 3.8) is 0 Å². The predicted octanol–water partition coefficient (Wildman–Crippen LogP) is 2.18. The van der Waals surface area contributed by atoms with Gasteiger partial charge in [0.25, 0.3) is 0 Å². The first-order valence-corrected chi connectivity index (χ1v) is 5.91. The third-order valence-electron chi connectivity index (χ3n) is 2.50.